The lowest BCUT2D eigenvalue weighted by molar-refractivity contribution is -0.115. The number of anilines is 1. The van der Waals surface area contributed by atoms with Crippen molar-refractivity contribution in [3.8, 4) is 0 Å². The number of benzene rings is 1. The first kappa shape index (κ1) is 14.7. The summed E-state index contributed by atoms with van der Waals surface area (Å²) in [5, 5.41) is 12.6. The number of hydrogen-bond acceptors (Lipinski definition) is 4. The Balaban J connectivity index is 1.99. The molecule has 4 nitrogen and oxygen atoms in total. The van der Waals surface area contributed by atoms with Crippen LogP contribution in [0.15, 0.2) is 30.3 Å². The van der Waals surface area contributed by atoms with Crippen LogP contribution in [0.3, 0.4) is 0 Å². The molecule has 2 aromatic rings. The summed E-state index contributed by atoms with van der Waals surface area (Å²) in [7, 11) is 0. The second-order valence-corrected chi connectivity index (χ2v) is 6.34. The zero-order chi connectivity index (χ0) is 14.6. The molecule has 0 bridgehead atoms. The molecule has 0 spiro atoms. The highest BCUT2D eigenvalue weighted by molar-refractivity contribution is 7.15. The highest BCUT2D eigenvalue weighted by Gasteiger charge is 2.23. The molecule has 0 aliphatic heterocycles. The van der Waals surface area contributed by atoms with Crippen LogP contribution in [0.25, 0.3) is 0 Å². The summed E-state index contributed by atoms with van der Waals surface area (Å²) in [6, 6.07) is 9.66. The van der Waals surface area contributed by atoms with Crippen LogP contribution in [0.1, 0.15) is 37.8 Å². The highest BCUT2D eigenvalue weighted by atomic mass is 32.1. The molecule has 0 saturated heterocycles. The molecule has 0 unspecified atom stereocenters. The van der Waals surface area contributed by atoms with Gasteiger partial charge in [-0.25, -0.2) is 0 Å². The van der Waals surface area contributed by atoms with Gasteiger partial charge in [0.25, 0.3) is 0 Å². The van der Waals surface area contributed by atoms with E-state index in [2.05, 4.69) is 36.3 Å². The molecular formula is C15H19N3OS. The third-order valence-electron chi connectivity index (χ3n) is 3.34. The molecule has 1 amide bonds. The van der Waals surface area contributed by atoms with Crippen LogP contribution < -0.4 is 5.32 Å². The molecule has 0 radical (unpaired) electrons. The lowest BCUT2D eigenvalue weighted by Gasteiger charge is -2.17. The second kappa shape index (κ2) is 6.13. The predicted molar refractivity (Wildman–Crippen MR) is 82.0 cm³/mol. The van der Waals surface area contributed by atoms with Crippen molar-refractivity contribution in [3.05, 3.63) is 40.9 Å². The van der Waals surface area contributed by atoms with Gasteiger partial charge in [0.2, 0.25) is 11.0 Å². The SMILES string of the molecule is CCC(C)(C)c1nnc(NC(=O)Cc2ccccc2)s1. The Bertz CT molecular complexity index is 578. The van der Waals surface area contributed by atoms with Crippen molar-refractivity contribution in [2.24, 2.45) is 0 Å². The molecule has 106 valence electrons. The third kappa shape index (κ3) is 3.63. The van der Waals surface area contributed by atoms with Crippen LogP contribution >= 0.6 is 11.3 Å². The Hall–Kier alpha value is -1.75. The molecule has 0 aliphatic carbocycles. The van der Waals surface area contributed by atoms with Gasteiger partial charge in [0.05, 0.1) is 6.42 Å². The van der Waals surface area contributed by atoms with E-state index in [4.69, 9.17) is 0 Å². The standard InChI is InChI=1S/C15H19N3OS/c1-4-15(2,3)13-17-18-14(20-13)16-12(19)10-11-8-6-5-7-9-11/h5-9H,4,10H2,1-3H3,(H,16,18,19). The van der Waals surface area contributed by atoms with E-state index in [1.807, 2.05) is 30.3 Å². The van der Waals surface area contributed by atoms with Crippen molar-refractivity contribution >= 4 is 22.4 Å². The fourth-order valence-corrected chi connectivity index (χ4v) is 2.58. The normalized spacial score (nSPS) is 11.3. The Morgan fingerprint density at radius 1 is 1.25 bits per heavy atom. The predicted octanol–water partition coefficient (Wildman–Crippen LogP) is 3.41. The van der Waals surface area contributed by atoms with Crippen LogP contribution in [0.2, 0.25) is 0 Å². The van der Waals surface area contributed by atoms with Crippen LogP contribution in [-0.2, 0) is 16.6 Å². The maximum Gasteiger partial charge on any atom is 0.230 e. The van der Waals surface area contributed by atoms with Gasteiger partial charge >= 0.3 is 0 Å². The van der Waals surface area contributed by atoms with Gasteiger partial charge in [0.1, 0.15) is 5.01 Å². The molecule has 1 aromatic heterocycles. The fraction of sp³-hybridized carbons (Fsp3) is 0.400. The van der Waals surface area contributed by atoms with Crippen molar-refractivity contribution in [1.82, 2.24) is 10.2 Å². The maximum atomic E-state index is 11.9. The molecule has 0 aliphatic rings. The summed E-state index contributed by atoms with van der Waals surface area (Å²) in [5.41, 5.74) is 0.990. The summed E-state index contributed by atoms with van der Waals surface area (Å²) in [6.45, 7) is 6.38. The maximum absolute atomic E-state index is 11.9. The quantitative estimate of drug-likeness (QED) is 0.917. The first-order valence-corrected chi connectivity index (χ1v) is 7.50. The van der Waals surface area contributed by atoms with E-state index < -0.39 is 0 Å². The summed E-state index contributed by atoms with van der Waals surface area (Å²) in [4.78, 5) is 11.9. The van der Waals surface area contributed by atoms with Gasteiger partial charge in [-0.1, -0.05) is 62.4 Å². The Morgan fingerprint density at radius 3 is 2.60 bits per heavy atom. The Kier molecular flexibility index (Phi) is 4.49. The minimum absolute atomic E-state index is 0.0000737. The number of hydrogen-bond donors (Lipinski definition) is 1. The Morgan fingerprint density at radius 2 is 1.95 bits per heavy atom. The third-order valence-corrected chi connectivity index (χ3v) is 4.55. The molecule has 20 heavy (non-hydrogen) atoms. The molecule has 0 atom stereocenters. The number of nitrogens with zero attached hydrogens (tertiary/aromatic N) is 2. The number of aromatic nitrogens is 2. The van der Waals surface area contributed by atoms with Crippen molar-refractivity contribution in [2.75, 3.05) is 5.32 Å². The smallest absolute Gasteiger partial charge is 0.230 e. The zero-order valence-electron chi connectivity index (χ0n) is 12.0. The van der Waals surface area contributed by atoms with Gasteiger partial charge in [0.15, 0.2) is 0 Å². The molecule has 1 aromatic carbocycles. The van der Waals surface area contributed by atoms with E-state index in [0.717, 1.165) is 17.0 Å². The molecule has 5 heteroatoms. The van der Waals surface area contributed by atoms with Crippen molar-refractivity contribution < 1.29 is 4.79 Å². The van der Waals surface area contributed by atoms with Crippen molar-refractivity contribution in [2.45, 2.75) is 39.0 Å². The van der Waals surface area contributed by atoms with E-state index in [1.54, 1.807) is 0 Å². The summed E-state index contributed by atoms with van der Waals surface area (Å²) in [6.07, 6.45) is 1.34. The summed E-state index contributed by atoms with van der Waals surface area (Å²) < 4.78 is 0. The molecular weight excluding hydrogens is 270 g/mol. The van der Waals surface area contributed by atoms with E-state index >= 15 is 0 Å². The highest BCUT2D eigenvalue weighted by Crippen LogP contribution is 2.30. The van der Waals surface area contributed by atoms with Gasteiger partial charge in [-0.3, -0.25) is 4.79 Å². The topological polar surface area (TPSA) is 54.9 Å². The van der Waals surface area contributed by atoms with E-state index in [0.29, 0.717) is 11.6 Å². The zero-order valence-corrected chi connectivity index (χ0v) is 12.8. The van der Waals surface area contributed by atoms with Gasteiger partial charge in [-0.15, -0.1) is 10.2 Å². The van der Waals surface area contributed by atoms with Gasteiger partial charge in [0, 0.05) is 5.41 Å². The lowest BCUT2D eigenvalue weighted by Crippen LogP contribution is -2.14. The first-order chi connectivity index (χ1) is 9.51. The number of carbonyl (C=O) groups is 1. The second-order valence-electron chi connectivity index (χ2n) is 5.36. The molecule has 2 rings (SSSR count). The largest absolute Gasteiger partial charge is 0.300 e. The lowest BCUT2D eigenvalue weighted by atomic mass is 9.91. The number of carbonyl (C=O) groups excluding carboxylic acids is 1. The minimum atomic E-state index is -0.0618. The number of nitrogens with one attached hydrogen (secondary N) is 1. The molecule has 0 fully saturated rings. The number of amides is 1. The summed E-state index contributed by atoms with van der Waals surface area (Å²) in [5.74, 6) is -0.0618. The average Bonchev–Trinajstić information content (AvgIpc) is 2.89. The van der Waals surface area contributed by atoms with E-state index in [-0.39, 0.29) is 11.3 Å². The molecule has 0 saturated carbocycles. The van der Waals surface area contributed by atoms with Crippen LogP contribution in [0.4, 0.5) is 5.13 Å². The number of rotatable bonds is 5. The molecule has 1 heterocycles. The monoisotopic (exact) mass is 289 g/mol. The van der Waals surface area contributed by atoms with Crippen LogP contribution in [-0.4, -0.2) is 16.1 Å². The Labute approximate surface area is 123 Å². The van der Waals surface area contributed by atoms with Gasteiger partial charge < -0.3 is 5.32 Å². The van der Waals surface area contributed by atoms with Gasteiger partial charge in [-0.2, -0.15) is 0 Å². The fourth-order valence-electron chi connectivity index (χ4n) is 1.64. The first-order valence-electron chi connectivity index (χ1n) is 6.69. The minimum Gasteiger partial charge on any atom is -0.300 e. The summed E-state index contributed by atoms with van der Waals surface area (Å²) >= 11 is 1.45. The van der Waals surface area contributed by atoms with Crippen LogP contribution in [0, 0.1) is 0 Å². The van der Waals surface area contributed by atoms with Crippen LogP contribution in [0.5, 0.6) is 0 Å². The van der Waals surface area contributed by atoms with Gasteiger partial charge in [-0.05, 0) is 12.0 Å². The average molecular weight is 289 g/mol. The van der Waals surface area contributed by atoms with E-state index in [1.165, 1.54) is 11.3 Å². The molecule has 1 N–H and O–H groups in total. The van der Waals surface area contributed by atoms with E-state index in [9.17, 15) is 4.79 Å². The van der Waals surface area contributed by atoms with Crippen molar-refractivity contribution in [3.63, 3.8) is 0 Å². The van der Waals surface area contributed by atoms with Crippen molar-refractivity contribution in [1.29, 1.82) is 0 Å².